The zero-order valence-electron chi connectivity index (χ0n) is 18.5. The number of pyridine rings is 1. The summed E-state index contributed by atoms with van der Waals surface area (Å²) in [6, 6.07) is 7.19. The second-order valence-corrected chi connectivity index (χ2v) is 8.36. The van der Waals surface area contributed by atoms with Gasteiger partial charge in [-0.2, -0.15) is 13.9 Å². The van der Waals surface area contributed by atoms with Crippen molar-refractivity contribution in [2.75, 3.05) is 11.9 Å². The van der Waals surface area contributed by atoms with Crippen molar-refractivity contribution in [2.24, 2.45) is 0 Å². The summed E-state index contributed by atoms with van der Waals surface area (Å²) in [5, 5.41) is 28.0. The minimum atomic E-state index is -3.33. The number of aliphatic hydroxyl groups excluding tert-OH is 1. The van der Waals surface area contributed by atoms with Crippen LogP contribution in [0.5, 0.6) is 5.75 Å². The van der Waals surface area contributed by atoms with Crippen LogP contribution in [0.2, 0.25) is 0 Å². The molecule has 0 aliphatic heterocycles. The van der Waals surface area contributed by atoms with Gasteiger partial charge in [0, 0.05) is 41.4 Å². The van der Waals surface area contributed by atoms with Gasteiger partial charge in [-0.25, -0.2) is 0 Å². The Kier molecular flexibility index (Phi) is 6.20. The van der Waals surface area contributed by atoms with Crippen molar-refractivity contribution in [3.05, 3.63) is 47.9 Å². The van der Waals surface area contributed by atoms with Crippen LogP contribution in [0.4, 0.5) is 14.5 Å². The number of hydrogen-bond donors (Lipinski definition) is 3. The van der Waals surface area contributed by atoms with Gasteiger partial charge in [0.25, 0.3) is 0 Å². The van der Waals surface area contributed by atoms with Gasteiger partial charge in [0.2, 0.25) is 0 Å². The number of halogens is 2. The molecule has 1 fully saturated rings. The molecular weight excluding hydrogens is 434 g/mol. The molecule has 0 bridgehead atoms. The van der Waals surface area contributed by atoms with Gasteiger partial charge in [0.15, 0.2) is 0 Å². The van der Waals surface area contributed by atoms with E-state index in [9.17, 15) is 23.9 Å². The van der Waals surface area contributed by atoms with Gasteiger partial charge in [-0.15, -0.1) is 0 Å². The lowest BCUT2D eigenvalue weighted by atomic mass is 9.93. The number of benzene rings is 1. The number of ether oxygens (including phenoxy) is 1. The molecule has 1 aliphatic rings. The highest BCUT2D eigenvalue weighted by Gasteiger charge is 2.39. The van der Waals surface area contributed by atoms with Crippen LogP contribution >= 0.6 is 0 Å². The number of aliphatic hydroxyl groups is 1. The van der Waals surface area contributed by atoms with E-state index in [1.54, 1.807) is 19.1 Å². The maximum absolute atomic E-state index is 13.7. The van der Waals surface area contributed by atoms with E-state index in [2.05, 4.69) is 10.4 Å². The smallest absolute Gasteiger partial charge is 0.332 e. The highest BCUT2D eigenvalue weighted by molar-refractivity contribution is 6.04. The van der Waals surface area contributed by atoms with Crippen LogP contribution in [0.15, 0.2) is 36.5 Å². The third-order valence-corrected chi connectivity index (χ3v) is 5.86. The van der Waals surface area contributed by atoms with Crippen LogP contribution in [-0.2, 0) is 5.92 Å². The minimum absolute atomic E-state index is 0.182. The predicted octanol–water partition coefficient (Wildman–Crippen LogP) is 3.80. The molecule has 33 heavy (non-hydrogen) atoms. The monoisotopic (exact) mass is 461 g/mol. The van der Waals surface area contributed by atoms with E-state index in [4.69, 9.17) is 4.74 Å². The zero-order chi connectivity index (χ0) is 23.8. The molecule has 3 N–H and O–H groups in total. The first-order valence-corrected chi connectivity index (χ1v) is 10.9. The summed E-state index contributed by atoms with van der Waals surface area (Å²) in [5.41, 5.74) is -0.0171. The average Bonchev–Trinajstić information content (AvgIpc) is 3.16. The molecule has 0 saturated heterocycles. The number of nitrogens with one attached hydrogen (secondary N) is 1. The van der Waals surface area contributed by atoms with Crippen LogP contribution in [-0.4, -0.2) is 38.7 Å². The molecule has 8 nitrogen and oxygen atoms in total. The van der Waals surface area contributed by atoms with E-state index in [1.807, 2.05) is 10.9 Å². The van der Waals surface area contributed by atoms with Crippen molar-refractivity contribution in [1.82, 2.24) is 9.78 Å². The second-order valence-electron chi connectivity index (χ2n) is 8.36. The van der Waals surface area contributed by atoms with Crippen molar-refractivity contribution in [3.8, 4) is 5.75 Å². The Morgan fingerprint density at radius 1 is 1.30 bits per heavy atom. The Morgan fingerprint density at radius 3 is 2.70 bits per heavy atom. The first-order chi connectivity index (χ1) is 15.7. The summed E-state index contributed by atoms with van der Waals surface area (Å²) >= 11 is 0. The van der Waals surface area contributed by atoms with Crippen LogP contribution < -0.4 is 14.8 Å². The number of carbonyl (C=O) groups excluding carboxylic acids is 1. The van der Waals surface area contributed by atoms with Gasteiger partial charge in [-0.3, -0.25) is 14.7 Å². The Bertz CT molecular complexity index is 1170. The molecule has 0 unspecified atom stereocenters. The maximum Gasteiger partial charge on any atom is 0.332 e. The van der Waals surface area contributed by atoms with Crippen LogP contribution in [0.25, 0.3) is 10.9 Å². The molecule has 3 aromatic rings. The number of aromatic nitrogens is 3. The molecule has 10 heteroatoms. The third-order valence-electron chi connectivity index (χ3n) is 5.86. The first kappa shape index (κ1) is 22.9. The molecule has 0 radical (unpaired) electrons. The molecule has 0 atom stereocenters. The van der Waals surface area contributed by atoms with Gasteiger partial charge in [-0.05, 0) is 44.7 Å². The van der Waals surface area contributed by atoms with Crippen molar-refractivity contribution in [2.45, 2.75) is 57.6 Å². The number of nitrogens with zero attached hydrogens (tertiary/aromatic N) is 3. The quantitative estimate of drug-likeness (QED) is 0.383. The van der Waals surface area contributed by atoms with E-state index < -0.39 is 17.5 Å². The van der Waals surface area contributed by atoms with Crippen molar-refractivity contribution >= 4 is 22.5 Å². The first-order valence-electron chi connectivity index (χ1n) is 10.9. The molecule has 2 heterocycles. The second kappa shape index (κ2) is 8.93. The maximum atomic E-state index is 13.7. The molecule has 4 rings (SSSR count). The Balaban J connectivity index is 1.65. The summed E-state index contributed by atoms with van der Waals surface area (Å²) in [5.74, 6) is -3.72. The number of carbonyl (C=O) groups is 1. The fourth-order valence-electron chi connectivity index (χ4n) is 4.15. The topological polar surface area (TPSA) is 100 Å². The Hall–Kier alpha value is -3.27. The van der Waals surface area contributed by atoms with Gasteiger partial charge in [0.1, 0.15) is 5.75 Å². The molecule has 176 valence electrons. The minimum Gasteiger partial charge on any atom is -0.492 e. The van der Waals surface area contributed by atoms with E-state index in [-0.39, 0.29) is 22.6 Å². The van der Waals surface area contributed by atoms with E-state index in [0.717, 1.165) is 37.1 Å². The molecule has 0 spiro atoms. The van der Waals surface area contributed by atoms with Crippen molar-refractivity contribution in [3.63, 3.8) is 0 Å². The average molecular weight is 461 g/mol. The number of amides is 1. The Morgan fingerprint density at radius 2 is 2.03 bits per heavy atom. The van der Waals surface area contributed by atoms with Gasteiger partial charge in [0.05, 0.1) is 30.0 Å². The summed E-state index contributed by atoms with van der Waals surface area (Å²) in [6.45, 7) is 2.78. The highest BCUT2D eigenvalue weighted by Crippen LogP contribution is 2.34. The predicted molar refractivity (Wildman–Crippen MR) is 116 cm³/mol. The Labute approximate surface area is 189 Å². The molecule has 1 aliphatic carbocycles. The van der Waals surface area contributed by atoms with Crippen LogP contribution in [0, 0.1) is 0 Å². The third kappa shape index (κ3) is 4.75. The van der Waals surface area contributed by atoms with Crippen LogP contribution in [0.3, 0.4) is 0 Å². The number of alkyl halides is 2. The van der Waals surface area contributed by atoms with E-state index in [0.29, 0.717) is 30.5 Å². The van der Waals surface area contributed by atoms with Crippen molar-refractivity contribution in [1.29, 1.82) is 0 Å². The lowest BCUT2D eigenvalue weighted by molar-refractivity contribution is -0.914. The standard InChI is InChI=1S/C23H26F2N4O4/c1-3-33-20-12-17-14(13-28(27-17)15-7-9-16(30)10-8-15)11-18(20)26-22(31)19-5-4-6-21(29(19)32)23(2,24)25/h4-6,11-13,15-16,30H,3,7-10H2,1-2H3,(H-,26,31,32)/p+1. The summed E-state index contributed by atoms with van der Waals surface area (Å²) in [6.07, 6.45) is 4.72. The van der Waals surface area contributed by atoms with E-state index >= 15 is 0 Å². The summed E-state index contributed by atoms with van der Waals surface area (Å²) < 4.78 is 35.2. The largest absolute Gasteiger partial charge is 0.492 e. The van der Waals surface area contributed by atoms with Gasteiger partial charge < -0.3 is 15.2 Å². The fourth-order valence-corrected chi connectivity index (χ4v) is 4.15. The molecule has 1 aromatic carbocycles. The number of fused-ring (bicyclic) bond motifs is 1. The van der Waals surface area contributed by atoms with Crippen molar-refractivity contribution < 1.29 is 33.4 Å². The molecule has 1 amide bonds. The molecular formula is C23H27F2N4O4+. The summed E-state index contributed by atoms with van der Waals surface area (Å²) in [7, 11) is 0. The van der Waals surface area contributed by atoms with E-state index in [1.165, 1.54) is 12.1 Å². The number of rotatable bonds is 6. The number of hydrogen-bond acceptors (Lipinski definition) is 5. The number of anilines is 1. The zero-order valence-corrected chi connectivity index (χ0v) is 18.5. The normalized spacial score (nSPS) is 18.9. The van der Waals surface area contributed by atoms with Gasteiger partial charge >= 0.3 is 23.2 Å². The SMILES string of the molecule is CCOc1cc2nn(C3CCC(O)CC3)cc2cc1NC(=O)c1cccc(C(C)(F)F)[n+]1O. The molecule has 1 saturated carbocycles. The molecule has 2 aromatic heterocycles. The fraction of sp³-hybridized carbons (Fsp3) is 0.435. The lowest BCUT2D eigenvalue weighted by Gasteiger charge is -2.25. The summed E-state index contributed by atoms with van der Waals surface area (Å²) in [4.78, 5) is 12.9. The van der Waals surface area contributed by atoms with Gasteiger partial charge in [-0.1, -0.05) is 0 Å². The van der Waals surface area contributed by atoms with Crippen LogP contribution in [0.1, 0.15) is 61.8 Å². The lowest BCUT2D eigenvalue weighted by Crippen LogP contribution is -2.46. The highest BCUT2D eigenvalue weighted by atomic mass is 19.3.